The zero-order valence-corrected chi connectivity index (χ0v) is 15.0. The minimum absolute atomic E-state index is 0.0529. The summed E-state index contributed by atoms with van der Waals surface area (Å²) in [7, 11) is 1.51. The predicted molar refractivity (Wildman–Crippen MR) is 96.4 cm³/mol. The maximum absolute atomic E-state index is 12.2. The Labute approximate surface area is 145 Å². The monoisotopic (exact) mass is 333 g/mol. The number of nitrogens with one attached hydrogen (secondary N) is 1. The van der Waals surface area contributed by atoms with Crippen LogP contribution in [0.25, 0.3) is 0 Å². The maximum atomic E-state index is 12.2. The van der Waals surface area contributed by atoms with Crippen molar-refractivity contribution in [2.45, 2.75) is 70.8 Å². The Bertz CT molecular complexity index is 522. The molecule has 1 aliphatic rings. The lowest BCUT2D eigenvalue weighted by Gasteiger charge is -2.29. The number of carbonyl (C=O) groups is 1. The van der Waals surface area contributed by atoms with Gasteiger partial charge in [-0.05, 0) is 49.3 Å². The van der Waals surface area contributed by atoms with Gasteiger partial charge in [-0.3, -0.25) is 4.79 Å². The number of amides is 1. The zero-order chi connectivity index (χ0) is 17.4. The SMILES string of the molecule is CCCCC[C@H]1CC[C@H](NC(=O)Cc2ccc(O)c(OC)c2)CC1. The number of benzene rings is 1. The maximum Gasteiger partial charge on any atom is 0.224 e. The van der Waals surface area contributed by atoms with E-state index in [-0.39, 0.29) is 11.7 Å². The Balaban J connectivity index is 1.73. The van der Waals surface area contributed by atoms with Crippen LogP contribution in [0.1, 0.15) is 63.9 Å². The van der Waals surface area contributed by atoms with Crippen LogP contribution < -0.4 is 10.1 Å². The van der Waals surface area contributed by atoms with Gasteiger partial charge in [0.05, 0.1) is 13.5 Å². The lowest BCUT2D eigenvalue weighted by atomic mass is 9.83. The molecule has 4 nitrogen and oxygen atoms in total. The van der Waals surface area contributed by atoms with Gasteiger partial charge in [0.15, 0.2) is 11.5 Å². The predicted octanol–water partition coefficient (Wildman–Crippen LogP) is 4.20. The second-order valence-corrected chi connectivity index (χ2v) is 6.96. The minimum atomic E-state index is 0.0529. The molecule has 0 bridgehead atoms. The number of carbonyl (C=O) groups excluding carboxylic acids is 1. The third-order valence-electron chi connectivity index (χ3n) is 5.04. The average Bonchev–Trinajstić information content (AvgIpc) is 2.58. The van der Waals surface area contributed by atoms with E-state index in [2.05, 4.69) is 12.2 Å². The fourth-order valence-electron chi connectivity index (χ4n) is 3.57. The van der Waals surface area contributed by atoms with Crippen molar-refractivity contribution in [3.63, 3.8) is 0 Å². The molecule has 1 aromatic carbocycles. The number of phenolic OH excluding ortho intramolecular Hbond substituents is 1. The second-order valence-electron chi connectivity index (χ2n) is 6.96. The van der Waals surface area contributed by atoms with Crippen molar-refractivity contribution >= 4 is 5.91 Å². The lowest BCUT2D eigenvalue weighted by molar-refractivity contribution is -0.121. The first-order valence-corrected chi connectivity index (χ1v) is 9.27. The van der Waals surface area contributed by atoms with Gasteiger partial charge in [0, 0.05) is 6.04 Å². The van der Waals surface area contributed by atoms with Crippen molar-refractivity contribution in [3.05, 3.63) is 23.8 Å². The van der Waals surface area contributed by atoms with Gasteiger partial charge in [-0.25, -0.2) is 0 Å². The summed E-state index contributed by atoms with van der Waals surface area (Å²) in [6, 6.07) is 5.38. The van der Waals surface area contributed by atoms with Crippen LogP contribution in [0.4, 0.5) is 0 Å². The Morgan fingerprint density at radius 2 is 2.00 bits per heavy atom. The summed E-state index contributed by atoms with van der Waals surface area (Å²) in [5, 5.41) is 12.8. The molecule has 4 heteroatoms. The smallest absolute Gasteiger partial charge is 0.224 e. The van der Waals surface area contributed by atoms with E-state index in [9.17, 15) is 9.90 Å². The van der Waals surface area contributed by atoms with Gasteiger partial charge < -0.3 is 15.2 Å². The molecule has 1 saturated carbocycles. The van der Waals surface area contributed by atoms with Crippen LogP contribution in [-0.4, -0.2) is 24.2 Å². The molecule has 134 valence electrons. The van der Waals surface area contributed by atoms with Crippen molar-refractivity contribution in [3.8, 4) is 11.5 Å². The fourth-order valence-corrected chi connectivity index (χ4v) is 3.57. The molecule has 0 unspecified atom stereocenters. The fraction of sp³-hybridized carbons (Fsp3) is 0.650. The van der Waals surface area contributed by atoms with E-state index in [1.165, 1.54) is 45.6 Å². The normalized spacial score (nSPS) is 20.6. The molecule has 0 heterocycles. The molecule has 24 heavy (non-hydrogen) atoms. The Hall–Kier alpha value is -1.71. The third-order valence-corrected chi connectivity index (χ3v) is 5.04. The highest BCUT2D eigenvalue weighted by atomic mass is 16.5. The number of methoxy groups -OCH3 is 1. The summed E-state index contributed by atoms with van der Waals surface area (Å²) in [5.74, 6) is 1.42. The van der Waals surface area contributed by atoms with Gasteiger partial charge in [0.25, 0.3) is 0 Å². The van der Waals surface area contributed by atoms with Crippen molar-refractivity contribution in [2.24, 2.45) is 5.92 Å². The van der Waals surface area contributed by atoms with E-state index in [0.717, 1.165) is 24.3 Å². The number of phenols is 1. The molecule has 1 amide bonds. The van der Waals surface area contributed by atoms with Gasteiger partial charge in [-0.1, -0.05) is 38.7 Å². The molecule has 0 aromatic heterocycles. The van der Waals surface area contributed by atoms with Crippen molar-refractivity contribution < 1.29 is 14.6 Å². The summed E-state index contributed by atoms with van der Waals surface area (Å²) in [6.07, 6.45) is 10.3. The molecule has 2 rings (SSSR count). The van der Waals surface area contributed by atoms with E-state index in [4.69, 9.17) is 4.74 Å². The van der Waals surface area contributed by atoms with Crippen molar-refractivity contribution in [1.29, 1.82) is 0 Å². The minimum Gasteiger partial charge on any atom is -0.504 e. The molecule has 0 radical (unpaired) electrons. The van der Waals surface area contributed by atoms with E-state index < -0.39 is 0 Å². The van der Waals surface area contributed by atoms with E-state index in [1.807, 2.05) is 0 Å². The number of hydrogen-bond acceptors (Lipinski definition) is 3. The number of hydrogen-bond donors (Lipinski definition) is 2. The Morgan fingerprint density at radius 1 is 1.25 bits per heavy atom. The second kappa shape index (κ2) is 9.55. The van der Waals surface area contributed by atoms with Crippen molar-refractivity contribution in [1.82, 2.24) is 5.32 Å². The molecule has 1 aromatic rings. The summed E-state index contributed by atoms with van der Waals surface area (Å²) in [4.78, 5) is 12.2. The topological polar surface area (TPSA) is 58.6 Å². The zero-order valence-electron chi connectivity index (χ0n) is 15.0. The quantitative estimate of drug-likeness (QED) is 0.701. The Morgan fingerprint density at radius 3 is 2.67 bits per heavy atom. The van der Waals surface area contributed by atoms with E-state index in [0.29, 0.717) is 18.2 Å². The molecule has 1 fully saturated rings. The number of ether oxygens (including phenoxy) is 1. The number of rotatable bonds is 8. The van der Waals surface area contributed by atoms with Gasteiger partial charge >= 0.3 is 0 Å². The van der Waals surface area contributed by atoms with Crippen LogP contribution in [-0.2, 0) is 11.2 Å². The van der Waals surface area contributed by atoms with Gasteiger partial charge in [-0.15, -0.1) is 0 Å². The highest BCUT2D eigenvalue weighted by molar-refractivity contribution is 5.79. The highest BCUT2D eigenvalue weighted by Gasteiger charge is 2.22. The lowest BCUT2D eigenvalue weighted by Crippen LogP contribution is -2.38. The molecule has 0 saturated heterocycles. The largest absolute Gasteiger partial charge is 0.504 e. The van der Waals surface area contributed by atoms with Gasteiger partial charge in [-0.2, -0.15) is 0 Å². The summed E-state index contributed by atoms with van der Waals surface area (Å²) in [5.41, 5.74) is 0.857. The molecular formula is C20H31NO3. The third kappa shape index (κ3) is 5.73. The van der Waals surface area contributed by atoms with E-state index in [1.54, 1.807) is 18.2 Å². The number of aromatic hydroxyl groups is 1. The summed E-state index contributed by atoms with van der Waals surface area (Å²) in [6.45, 7) is 2.25. The molecule has 0 atom stereocenters. The first-order chi connectivity index (χ1) is 11.6. The van der Waals surface area contributed by atoms with Crippen LogP contribution in [0.2, 0.25) is 0 Å². The first-order valence-electron chi connectivity index (χ1n) is 9.27. The standard InChI is InChI=1S/C20H31NO3/c1-3-4-5-6-15-7-10-17(11-8-15)21-20(23)14-16-9-12-18(22)19(13-16)24-2/h9,12-13,15,17,22H,3-8,10-11,14H2,1-2H3,(H,21,23)/t15-,17-. The van der Waals surface area contributed by atoms with Gasteiger partial charge in [0.1, 0.15) is 0 Å². The van der Waals surface area contributed by atoms with Crippen LogP contribution >= 0.6 is 0 Å². The molecular weight excluding hydrogens is 302 g/mol. The molecule has 0 spiro atoms. The van der Waals surface area contributed by atoms with E-state index >= 15 is 0 Å². The molecule has 1 aliphatic carbocycles. The summed E-state index contributed by atoms with van der Waals surface area (Å²) >= 11 is 0. The summed E-state index contributed by atoms with van der Waals surface area (Å²) < 4.78 is 5.09. The van der Waals surface area contributed by atoms with Gasteiger partial charge in [0.2, 0.25) is 5.91 Å². The van der Waals surface area contributed by atoms with Crippen molar-refractivity contribution in [2.75, 3.05) is 7.11 Å². The van der Waals surface area contributed by atoms with Crippen LogP contribution in [0.5, 0.6) is 11.5 Å². The average molecular weight is 333 g/mol. The van der Waals surface area contributed by atoms with Crippen LogP contribution in [0.3, 0.4) is 0 Å². The highest BCUT2D eigenvalue weighted by Crippen LogP contribution is 2.29. The van der Waals surface area contributed by atoms with Crippen LogP contribution in [0, 0.1) is 5.92 Å². The Kier molecular flexibility index (Phi) is 7.41. The van der Waals surface area contributed by atoms with Crippen LogP contribution in [0.15, 0.2) is 18.2 Å². The number of unbranched alkanes of at least 4 members (excludes halogenated alkanes) is 2. The first kappa shape index (κ1) is 18.6. The molecule has 0 aliphatic heterocycles. The molecule has 2 N–H and O–H groups in total.